The van der Waals surface area contributed by atoms with Gasteiger partial charge in [0.2, 0.25) is 5.91 Å². The first-order valence-corrected chi connectivity index (χ1v) is 6.29. The minimum Gasteiger partial charge on any atom is -0.354 e. The molecule has 0 bridgehead atoms. The van der Waals surface area contributed by atoms with Crippen LogP contribution in [0.4, 0.5) is 4.39 Å². The largest absolute Gasteiger partial charge is 0.354 e. The second kappa shape index (κ2) is 8.12. The van der Waals surface area contributed by atoms with E-state index in [1.807, 2.05) is 13.8 Å². The standard InChI is InChI=1S/C14H21FN2O.ClH/c1-3-14(16,4-2)10-17-13(18)9-11-6-5-7-12(15)8-11;/h5-8H,3-4,9-10,16H2,1-2H3,(H,17,18);1H. The van der Waals surface area contributed by atoms with Gasteiger partial charge in [0, 0.05) is 12.1 Å². The summed E-state index contributed by atoms with van der Waals surface area (Å²) in [6.07, 6.45) is 1.80. The number of carbonyl (C=O) groups is 1. The summed E-state index contributed by atoms with van der Waals surface area (Å²) in [5.41, 5.74) is 6.41. The van der Waals surface area contributed by atoms with E-state index in [-0.39, 0.29) is 36.1 Å². The van der Waals surface area contributed by atoms with Gasteiger partial charge in [0.25, 0.3) is 0 Å². The van der Waals surface area contributed by atoms with E-state index in [2.05, 4.69) is 5.32 Å². The highest BCUT2D eigenvalue weighted by molar-refractivity contribution is 5.85. The molecule has 0 aliphatic rings. The van der Waals surface area contributed by atoms with Crippen molar-refractivity contribution in [2.75, 3.05) is 6.54 Å². The summed E-state index contributed by atoms with van der Waals surface area (Å²) in [6, 6.07) is 6.07. The van der Waals surface area contributed by atoms with Gasteiger partial charge in [-0.05, 0) is 30.5 Å². The van der Waals surface area contributed by atoms with Gasteiger partial charge >= 0.3 is 0 Å². The third-order valence-electron chi connectivity index (χ3n) is 3.30. The normalized spacial score (nSPS) is 10.7. The Hall–Kier alpha value is -1.13. The Balaban J connectivity index is 0.00000324. The van der Waals surface area contributed by atoms with Gasteiger partial charge in [-0.2, -0.15) is 0 Å². The fourth-order valence-electron chi connectivity index (χ4n) is 1.67. The van der Waals surface area contributed by atoms with Crippen LogP contribution in [0.25, 0.3) is 0 Å². The van der Waals surface area contributed by atoms with E-state index in [0.717, 1.165) is 12.8 Å². The van der Waals surface area contributed by atoms with Crippen LogP contribution in [0.5, 0.6) is 0 Å². The van der Waals surface area contributed by atoms with Crippen molar-refractivity contribution in [1.29, 1.82) is 0 Å². The smallest absolute Gasteiger partial charge is 0.224 e. The molecule has 3 N–H and O–H groups in total. The topological polar surface area (TPSA) is 55.1 Å². The highest BCUT2D eigenvalue weighted by Gasteiger charge is 2.20. The maximum atomic E-state index is 13.0. The maximum Gasteiger partial charge on any atom is 0.224 e. The fraction of sp³-hybridized carbons (Fsp3) is 0.500. The van der Waals surface area contributed by atoms with Crippen LogP contribution in [0.3, 0.4) is 0 Å². The number of hydrogen-bond acceptors (Lipinski definition) is 2. The molecule has 0 heterocycles. The van der Waals surface area contributed by atoms with Crippen molar-refractivity contribution in [2.45, 2.75) is 38.6 Å². The Morgan fingerprint density at radius 3 is 2.53 bits per heavy atom. The number of rotatable bonds is 6. The summed E-state index contributed by atoms with van der Waals surface area (Å²) >= 11 is 0. The van der Waals surface area contributed by atoms with Crippen LogP contribution in [-0.4, -0.2) is 18.0 Å². The molecule has 0 aliphatic heterocycles. The van der Waals surface area contributed by atoms with Gasteiger partial charge in [0.05, 0.1) is 6.42 Å². The summed E-state index contributed by atoms with van der Waals surface area (Å²) in [6.45, 7) is 4.46. The maximum absolute atomic E-state index is 13.0. The quantitative estimate of drug-likeness (QED) is 0.845. The summed E-state index contributed by atoms with van der Waals surface area (Å²) < 4.78 is 13.0. The fourth-order valence-corrected chi connectivity index (χ4v) is 1.67. The summed E-state index contributed by atoms with van der Waals surface area (Å²) in [5, 5.41) is 2.81. The number of benzene rings is 1. The molecule has 19 heavy (non-hydrogen) atoms. The highest BCUT2D eigenvalue weighted by Crippen LogP contribution is 2.09. The molecule has 0 fully saturated rings. The first-order valence-electron chi connectivity index (χ1n) is 6.29. The number of halogens is 2. The lowest BCUT2D eigenvalue weighted by atomic mass is 9.94. The molecule has 0 radical (unpaired) electrons. The monoisotopic (exact) mass is 288 g/mol. The van der Waals surface area contributed by atoms with Crippen molar-refractivity contribution >= 4 is 18.3 Å². The highest BCUT2D eigenvalue weighted by atomic mass is 35.5. The summed E-state index contributed by atoms with van der Waals surface area (Å²) in [7, 11) is 0. The molecule has 3 nitrogen and oxygen atoms in total. The Morgan fingerprint density at radius 1 is 1.37 bits per heavy atom. The Morgan fingerprint density at radius 2 is 2.00 bits per heavy atom. The first kappa shape index (κ1) is 17.9. The van der Waals surface area contributed by atoms with Gasteiger partial charge < -0.3 is 11.1 Å². The molecule has 0 aliphatic carbocycles. The van der Waals surface area contributed by atoms with Crippen LogP contribution in [-0.2, 0) is 11.2 Å². The number of amides is 1. The lowest BCUT2D eigenvalue weighted by Gasteiger charge is -2.26. The second-order valence-corrected chi connectivity index (χ2v) is 4.65. The van der Waals surface area contributed by atoms with E-state index < -0.39 is 0 Å². The van der Waals surface area contributed by atoms with Gasteiger partial charge in [-0.15, -0.1) is 12.4 Å². The molecule has 1 rings (SSSR count). The van der Waals surface area contributed by atoms with Gasteiger partial charge in [-0.1, -0.05) is 26.0 Å². The number of hydrogen-bond donors (Lipinski definition) is 2. The Bertz CT molecular complexity index is 408. The van der Waals surface area contributed by atoms with Crippen molar-refractivity contribution in [1.82, 2.24) is 5.32 Å². The van der Waals surface area contributed by atoms with Crippen molar-refractivity contribution in [2.24, 2.45) is 5.73 Å². The zero-order chi connectivity index (χ0) is 13.6. The van der Waals surface area contributed by atoms with Crippen molar-refractivity contribution in [3.05, 3.63) is 35.6 Å². The molecule has 108 valence electrons. The molecule has 0 saturated carbocycles. The molecule has 1 aromatic rings. The van der Waals surface area contributed by atoms with E-state index in [1.54, 1.807) is 12.1 Å². The summed E-state index contributed by atoms with van der Waals surface area (Å²) in [4.78, 5) is 11.7. The van der Waals surface area contributed by atoms with Crippen molar-refractivity contribution in [3.8, 4) is 0 Å². The molecule has 0 saturated heterocycles. The predicted octanol–water partition coefficient (Wildman–Crippen LogP) is 2.42. The predicted molar refractivity (Wildman–Crippen MR) is 77.9 cm³/mol. The first-order chi connectivity index (χ1) is 8.49. The van der Waals surface area contributed by atoms with E-state index in [0.29, 0.717) is 12.1 Å². The zero-order valence-electron chi connectivity index (χ0n) is 11.4. The average molecular weight is 289 g/mol. The summed E-state index contributed by atoms with van der Waals surface area (Å²) in [5.74, 6) is -0.451. The third kappa shape index (κ3) is 6.03. The van der Waals surface area contributed by atoms with Crippen LogP contribution in [0, 0.1) is 5.82 Å². The van der Waals surface area contributed by atoms with Gasteiger partial charge in [0.15, 0.2) is 0 Å². The number of carbonyl (C=O) groups excluding carboxylic acids is 1. The molecule has 0 atom stereocenters. The Kier molecular flexibility index (Phi) is 7.64. The molecular weight excluding hydrogens is 267 g/mol. The van der Waals surface area contributed by atoms with Crippen LogP contribution < -0.4 is 11.1 Å². The SMILES string of the molecule is CCC(N)(CC)CNC(=O)Cc1cccc(F)c1.Cl. The van der Waals surface area contributed by atoms with Crippen LogP contribution in [0.15, 0.2) is 24.3 Å². The average Bonchev–Trinajstić information content (AvgIpc) is 2.36. The van der Waals surface area contributed by atoms with Gasteiger partial charge in [0.1, 0.15) is 5.82 Å². The van der Waals surface area contributed by atoms with Gasteiger partial charge in [-0.3, -0.25) is 4.79 Å². The molecule has 0 spiro atoms. The van der Waals surface area contributed by atoms with E-state index in [9.17, 15) is 9.18 Å². The molecule has 1 amide bonds. The van der Waals surface area contributed by atoms with Crippen LogP contribution in [0.1, 0.15) is 32.3 Å². The van der Waals surface area contributed by atoms with E-state index in [1.165, 1.54) is 12.1 Å². The zero-order valence-corrected chi connectivity index (χ0v) is 12.2. The van der Waals surface area contributed by atoms with E-state index in [4.69, 9.17) is 5.73 Å². The van der Waals surface area contributed by atoms with Crippen molar-refractivity contribution in [3.63, 3.8) is 0 Å². The van der Waals surface area contributed by atoms with Gasteiger partial charge in [-0.25, -0.2) is 4.39 Å². The van der Waals surface area contributed by atoms with Crippen LogP contribution >= 0.6 is 12.4 Å². The number of nitrogens with two attached hydrogens (primary N) is 1. The molecule has 0 unspecified atom stereocenters. The molecule has 5 heteroatoms. The van der Waals surface area contributed by atoms with Crippen molar-refractivity contribution < 1.29 is 9.18 Å². The third-order valence-corrected chi connectivity index (χ3v) is 3.30. The second-order valence-electron chi connectivity index (χ2n) is 4.65. The molecule has 0 aromatic heterocycles. The minimum atomic E-state index is -0.350. The molecule has 1 aromatic carbocycles. The minimum absolute atomic E-state index is 0. The van der Waals surface area contributed by atoms with E-state index >= 15 is 0 Å². The van der Waals surface area contributed by atoms with Crippen LogP contribution in [0.2, 0.25) is 0 Å². The number of nitrogens with one attached hydrogen (secondary N) is 1. The Labute approximate surface area is 120 Å². The molecular formula is C14H22ClFN2O. The lowest BCUT2D eigenvalue weighted by molar-refractivity contribution is -0.120. The lowest BCUT2D eigenvalue weighted by Crippen LogP contribution is -2.49.